The van der Waals surface area contributed by atoms with E-state index >= 15 is 0 Å². The molecule has 0 aromatic carbocycles. The first kappa shape index (κ1) is 13.4. The molecule has 14 heavy (non-hydrogen) atoms. The molecule has 0 saturated carbocycles. The summed E-state index contributed by atoms with van der Waals surface area (Å²) in [5.41, 5.74) is 0. The number of hydrogen-bond donors (Lipinski definition) is 0. The van der Waals surface area contributed by atoms with Gasteiger partial charge in [0.2, 0.25) is 0 Å². The molecule has 0 bridgehead atoms. The standard InChI is InChI=1S/C11H21FO2/c1-4-5-10(8-12)7-6-9(2)11(13)14-3/h9-10H,4-8H2,1-3H3. The lowest BCUT2D eigenvalue weighted by atomic mass is 9.94. The summed E-state index contributed by atoms with van der Waals surface area (Å²) in [7, 11) is 1.39. The van der Waals surface area contributed by atoms with Crippen molar-refractivity contribution >= 4 is 5.97 Å². The highest BCUT2D eigenvalue weighted by Crippen LogP contribution is 2.18. The van der Waals surface area contributed by atoms with E-state index in [2.05, 4.69) is 4.74 Å². The Morgan fingerprint density at radius 3 is 2.43 bits per heavy atom. The molecule has 0 saturated heterocycles. The van der Waals surface area contributed by atoms with Crippen molar-refractivity contribution in [2.75, 3.05) is 13.8 Å². The normalized spacial score (nSPS) is 14.9. The van der Waals surface area contributed by atoms with Gasteiger partial charge in [-0.1, -0.05) is 20.3 Å². The fraction of sp³-hybridized carbons (Fsp3) is 0.909. The first-order valence-electron chi connectivity index (χ1n) is 5.29. The van der Waals surface area contributed by atoms with E-state index in [4.69, 9.17) is 0 Å². The minimum absolute atomic E-state index is 0.106. The second-order valence-electron chi connectivity index (χ2n) is 3.81. The molecule has 2 atom stereocenters. The first-order valence-corrected chi connectivity index (χ1v) is 5.29. The lowest BCUT2D eigenvalue weighted by Crippen LogP contribution is -2.14. The second-order valence-corrected chi connectivity index (χ2v) is 3.81. The SMILES string of the molecule is CCCC(CF)CCC(C)C(=O)OC. The van der Waals surface area contributed by atoms with Gasteiger partial charge in [-0.2, -0.15) is 0 Å². The van der Waals surface area contributed by atoms with Crippen LogP contribution in [0.5, 0.6) is 0 Å². The molecule has 84 valence electrons. The van der Waals surface area contributed by atoms with Crippen LogP contribution < -0.4 is 0 Å². The minimum Gasteiger partial charge on any atom is -0.469 e. The quantitative estimate of drug-likeness (QED) is 0.596. The van der Waals surface area contributed by atoms with E-state index in [9.17, 15) is 9.18 Å². The molecule has 0 aromatic heterocycles. The van der Waals surface area contributed by atoms with Gasteiger partial charge in [-0.05, 0) is 25.2 Å². The molecule has 3 heteroatoms. The van der Waals surface area contributed by atoms with Crippen molar-refractivity contribution in [3.8, 4) is 0 Å². The highest BCUT2D eigenvalue weighted by Gasteiger charge is 2.15. The predicted molar refractivity (Wildman–Crippen MR) is 54.8 cm³/mol. The van der Waals surface area contributed by atoms with E-state index in [0.29, 0.717) is 0 Å². The largest absolute Gasteiger partial charge is 0.469 e. The van der Waals surface area contributed by atoms with Gasteiger partial charge < -0.3 is 4.74 Å². The maximum Gasteiger partial charge on any atom is 0.308 e. The Bertz CT molecular complexity index is 159. The van der Waals surface area contributed by atoms with Gasteiger partial charge in [0, 0.05) is 0 Å². The summed E-state index contributed by atoms with van der Waals surface area (Å²) in [6.45, 7) is 3.60. The maximum absolute atomic E-state index is 12.5. The molecule has 0 aliphatic heterocycles. The molecule has 2 nitrogen and oxygen atoms in total. The number of alkyl halides is 1. The van der Waals surface area contributed by atoms with E-state index in [1.54, 1.807) is 0 Å². The highest BCUT2D eigenvalue weighted by molar-refractivity contribution is 5.71. The third kappa shape index (κ3) is 5.20. The Morgan fingerprint density at radius 2 is 2.00 bits per heavy atom. The van der Waals surface area contributed by atoms with Crippen molar-refractivity contribution in [3.05, 3.63) is 0 Å². The summed E-state index contributed by atoms with van der Waals surface area (Å²) < 4.78 is 17.1. The molecule has 0 radical (unpaired) electrons. The number of carbonyl (C=O) groups excluding carboxylic acids is 1. The number of rotatable bonds is 7. The van der Waals surface area contributed by atoms with Gasteiger partial charge in [-0.25, -0.2) is 0 Å². The average molecular weight is 204 g/mol. The van der Waals surface area contributed by atoms with Gasteiger partial charge in [0.25, 0.3) is 0 Å². The fourth-order valence-electron chi connectivity index (χ4n) is 1.51. The van der Waals surface area contributed by atoms with Crippen molar-refractivity contribution in [1.82, 2.24) is 0 Å². The molecule has 2 unspecified atom stereocenters. The van der Waals surface area contributed by atoms with Crippen molar-refractivity contribution in [2.24, 2.45) is 11.8 Å². The van der Waals surface area contributed by atoms with Crippen LogP contribution in [-0.2, 0) is 9.53 Å². The molecule has 0 amide bonds. The summed E-state index contributed by atoms with van der Waals surface area (Å²) >= 11 is 0. The summed E-state index contributed by atoms with van der Waals surface area (Å²) in [5.74, 6) is -0.183. The maximum atomic E-state index is 12.5. The zero-order chi connectivity index (χ0) is 11.0. The molecule has 0 N–H and O–H groups in total. The number of hydrogen-bond acceptors (Lipinski definition) is 2. The van der Waals surface area contributed by atoms with Crippen LogP contribution in [-0.4, -0.2) is 19.8 Å². The summed E-state index contributed by atoms with van der Waals surface area (Å²) in [4.78, 5) is 11.1. The van der Waals surface area contributed by atoms with Gasteiger partial charge in [0.15, 0.2) is 0 Å². The van der Waals surface area contributed by atoms with Crippen molar-refractivity contribution in [2.45, 2.75) is 39.5 Å². The molecular weight excluding hydrogens is 183 g/mol. The molecule has 0 rings (SSSR count). The van der Waals surface area contributed by atoms with Gasteiger partial charge in [0.05, 0.1) is 19.7 Å². The Labute approximate surface area is 85.8 Å². The van der Waals surface area contributed by atoms with E-state index in [1.807, 2.05) is 13.8 Å². The molecule has 0 spiro atoms. The lowest BCUT2D eigenvalue weighted by molar-refractivity contribution is -0.145. The highest BCUT2D eigenvalue weighted by atomic mass is 19.1. The van der Waals surface area contributed by atoms with Crippen LogP contribution in [0.15, 0.2) is 0 Å². The minimum atomic E-state index is -0.276. The van der Waals surface area contributed by atoms with E-state index < -0.39 is 0 Å². The fourth-order valence-corrected chi connectivity index (χ4v) is 1.51. The summed E-state index contributed by atoms with van der Waals surface area (Å²) in [5, 5.41) is 0. The molecule has 0 heterocycles. The first-order chi connectivity index (χ1) is 6.65. The Morgan fingerprint density at radius 1 is 1.36 bits per heavy atom. The van der Waals surface area contributed by atoms with Crippen LogP contribution in [0.4, 0.5) is 4.39 Å². The van der Waals surface area contributed by atoms with E-state index in [-0.39, 0.29) is 24.5 Å². The number of carbonyl (C=O) groups is 1. The van der Waals surface area contributed by atoms with Gasteiger partial charge in [-0.3, -0.25) is 9.18 Å². The van der Waals surface area contributed by atoms with Crippen molar-refractivity contribution < 1.29 is 13.9 Å². The van der Waals surface area contributed by atoms with Crippen LogP contribution in [0.25, 0.3) is 0 Å². The monoisotopic (exact) mass is 204 g/mol. The molecular formula is C11H21FO2. The van der Waals surface area contributed by atoms with Gasteiger partial charge in [0.1, 0.15) is 0 Å². The third-order valence-corrected chi connectivity index (χ3v) is 2.53. The predicted octanol–water partition coefficient (Wildman–Crippen LogP) is 2.96. The lowest BCUT2D eigenvalue weighted by Gasteiger charge is -2.14. The Hall–Kier alpha value is -0.600. The Kier molecular flexibility index (Phi) is 7.44. The number of esters is 1. The number of halogens is 1. The number of ether oxygens (including phenoxy) is 1. The Balaban J connectivity index is 3.72. The zero-order valence-electron chi connectivity index (χ0n) is 9.38. The van der Waals surface area contributed by atoms with E-state index in [1.165, 1.54) is 7.11 Å². The van der Waals surface area contributed by atoms with Crippen LogP contribution in [0.3, 0.4) is 0 Å². The van der Waals surface area contributed by atoms with Crippen molar-refractivity contribution in [3.63, 3.8) is 0 Å². The zero-order valence-corrected chi connectivity index (χ0v) is 9.38. The molecule has 0 aliphatic carbocycles. The average Bonchev–Trinajstić information content (AvgIpc) is 2.22. The smallest absolute Gasteiger partial charge is 0.308 e. The van der Waals surface area contributed by atoms with Crippen LogP contribution in [0.1, 0.15) is 39.5 Å². The topological polar surface area (TPSA) is 26.3 Å². The summed E-state index contributed by atoms with van der Waals surface area (Å²) in [6.07, 6.45) is 3.41. The van der Waals surface area contributed by atoms with Gasteiger partial charge in [-0.15, -0.1) is 0 Å². The molecule has 0 fully saturated rings. The van der Waals surface area contributed by atoms with Crippen molar-refractivity contribution in [1.29, 1.82) is 0 Å². The molecule has 0 aromatic rings. The van der Waals surface area contributed by atoms with Crippen LogP contribution in [0.2, 0.25) is 0 Å². The van der Waals surface area contributed by atoms with Gasteiger partial charge >= 0.3 is 5.97 Å². The summed E-state index contributed by atoms with van der Waals surface area (Å²) in [6, 6.07) is 0. The number of methoxy groups -OCH3 is 1. The second kappa shape index (κ2) is 7.77. The van der Waals surface area contributed by atoms with E-state index in [0.717, 1.165) is 25.7 Å². The van der Waals surface area contributed by atoms with Crippen LogP contribution in [0, 0.1) is 11.8 Å². The molecule has 0 aliphatic rings. The van der Waals surface area contributed by atoms with Crippen LogP contribution >= 0.6 is 0 Å². The third-order valence-electron chi connectivity index (χ3n) is 2.53.